The van der Waals surface area contributed by atoms with Gasteiger partial charge in [0.05, 0.1) is 22.9 Å². The lowest BCUT2D eigenvalue weighted by Gasteiger charge is -2.56. The standard InChI is InChI=1S/C32H23NO3/c1-31-23-11-5-7-13-25(23)32(19-34,26-14-8-6-12-24(26)31)28-27(31)29(35)33(30(28)36)22-17-15-21(16-18-22)20-9-3-2-4-10-20/h2-19,27-28H,1H3/t27-,28-,31?,32?/m1/s1. The maximum Gasteiger partial charge on any atom is 0.239 e. The molecule has 4 nitrogen and oxygen atoms in total. The quantitative estimate of drug-likeness (QED) is 0.303. The van der Waals surface area contributed by atoms with Gasteiger partial charge in [0.25, 0.3) is 0 Å². The molecule has 1 aliphatic heterocycles. The van der Waals surface area contributed by atoms with Crippen molar-refractivity contribution < 1.29 is 14.4 Å². The summed E-state index contributed by atoms with van der Waals surface area (Å²) in [6, 6.07) is 33.1. The van der Waals surface area contributed by atoms with Crippen molar-refractivity contribution in [2.45, 2.75) is 17.8 Å². The SMILES string of the molecule is CC12c3ccccc3C(C=O)(c3ccccc31)[C@H]1C(=O)N(c3ccc(-c4ccccc4)cc3)C(=O)[C@@H]12. The number of aldehydes is 1. The molecule has 0 radical (unpaired) electrons. The lowest BCUT2D eigenvalue weighted by Crippen LogP contribution is -2.61. The molecule has 8 rings (SSSR count). The molecule has 2 bridgehead atoms. The summed E-state index contributed by atoms with van der Waals surface area (Å²) in [5.41, 5.74) is 4.29. The summed E-state index contributed by atoms with van der Waals surface area (Å²) in [6.45, 7) is 2.06. The molecule has 4 heteroatoms. The number of carbonyl (C=O) groups is 3. The second-order valence-corrected chi connectivity index (χ2v) is 10.2. The number of amides is 2. The number of carbonyl (C=O) groups excluding carboxylic acids is 3. The van der Waals surface area contributed by atoms with E-state index in [-0.39, 0.29) is 11.8 Å². The molecule has 4 aromatic rings. The first-order chi connectivity index (χ1) is 17.5. The van der Waals surface area contributed by atoms with Gasteiger partial charge in [-0.3, -0.25) is 9.59 Å². The first-order valence-electron chi connectivity index (χ1n) is 12.2. The van der Waals surface area contributed by atoms with Crippen molar-refractivity contribution in [2.75, 3.05) is 4.90 Å². The van der Waals surface area contributed by atoms with Crippen LogP contribution in [0.15, 0.2) is 103 Å². The van der Waals surface area contributed by atoms with E-state index in [1.165, 1.54) is 4.90 Å². The number of imide groups is 1. The van der Waals surface area contributed by atoms with Gasteiger partial charge in [0.1, 0.15) is 6.29 Å². The summed E-state index contributed by atoms with van der Waals surface area (Å²) in [7, 11) is 0. The molecule has 2 amide bonds. The van der Waals surface area contributed by atoms with Crippen LogP contribution in [-0.4, -0.2) is 18.1 Å². The van der Waals surface area contributed by atoms with Crippen molar-refractivity contribution in [2.24, 2.45) is 11.8 Å². The third-order valence-corrected chi connectivity index (χ3v) is 8.70. The minimum atomic E-state index is -1.19. The third-order valence-electron chi connectivity index (χ3n) is 8.70. The highest BCUT2D eigenvalue weighted by Gasteiger charge is 2.72. The fraction of sp³-hybridized carbons (Fsp3) is 0.156. The van der Waals surface area contributed by atoms with Gasteiger partial charge in [-0.25, -0.2) is 4.90 Å². The van der Waals surface area contributed by atoms with E-state index in [1.807, 2.05) is 103 Å². The molecule has 0 unspecified atom stereocenters. The Balaban J connectivity index is 1.42. The number of nitrogens with zero attached hydrogens (tertiary/aromatic N) is 1. The van der Waals surface area contributed by atoms with Gasteiger partial charge in [-0.1, -0.05) is 97.9 Å². The second kappa shape index (κ2) is 7.11. The number of hydrogen-bond acceptors (Lipinski definition) is 3. The van der Waals surface area contributed by atoms with E-state index < -0.39 is 22.7 Å². The van der Waals surface area contributed by atoms with Crippen LogP contribution in [0.3, 0.4) is 0 Å². The lowest BCUT2D eigenvalue weighted by atomic mass is 9.42. The molecule has 1 heterocycles. The summed E-state index contributed by atoms with van der Waals surface area (Å²) >= 11 is 0. The van der Waals surface area contributed by atoms with Crippen LogP contribution < -0.4 is 4.90 Å². The Kier molecular flexibility index (Phi) is 4.15. The van der Waals surface area contributed by atoms with Crippen LogP contribution in [0, 0.1) is 11.8 Å². The molecule has 36 heavy (non-hydrogen) atoms. The minimum Gasteiger partial charge on any atom is -0.302 e. The fourth-order valence-electron chi connectivity index (χ4n) is 7.15. The van der Waals surface area contributed by atoms with Crippen molar-refractivity contribution in [3.8, 4) is 11.1 Å². The number of hydrogen-bond donors (Lipinski definition) is 0. The first-order valence-corrected chi connectivity index (χ1v) is 12.2. The normalized spacial score (nSPS) is 27.4. The minimum absolute atomic E-state index is 0.241. The van der Waals surface area contributed by atoms with Gasteiger partial charge >= 0.3 is 0 Å². The maximum atomic E-state index is 14.2. The molecular formula is C32H23NO3. The Bertz CT molecular complexity index is 1520. The highest BCUT2D eigenvalue weighted by molar-refractivity contribution is 6.25. The zero-order valence-corrected chi connectivity index (χ0v) is 19.7. The van der Waals surface area contributed by atoms with E-state index in [9.17, 15) is 14.4 Å². The smallest absolute Gasteiger partial charge is 0.239 e. The van der Waals surface area contributed by atoms with Crippen LogP contribution in [0.5, 0.6) is 0 Å². The summed E-state index contributed by atoms with van der Waals surface area (Å²) < 4.78 is 0. The van der Waals surface area contributed by atoms with E-state index in [0.29, 0.717) is 5.69 Å². The van der Waals surface area contributed by atoms with Crippen LogP contribution in [0.25, 0.3) is 11.1 Å². The van der Waals surface area contributed by atoms with Crippen molar-refractivity contribution in [3.63, 3.8) is 0 Å². The molecule has 1 fully saturated rings. The molecule has 2 atom stereocenters. The molecule has 1 saturated heterocycles. The highest BCUT2D eigenvalue weighted by atomic mass is 16.2. The van der Waals surface area contributed by atoms with Gasteiger partial charge in [-0.2, -0.15) is 0 Å². The Labute approximate surface area is 209 Å². The van der Waals surface area contributed by atoms with E-state index in [4.69, 9.17) is 0 Å². The number of benzene rings is 4. The second-order valence-electron chi connectivity index (χ2n) is 10.2. The van der Waals surface area contributed by atoms with Gasteiger partial charge in [0, 0.05) is 5.41 Å². The highest BCUT2D eigenvalue weighted by Crippen LogP contribution is 2.66. The Morgan fingerprint density at radius 3 is 1.64 bits per heavy atom. The molecule has 0 aromatic heterocycles. The fourth-order valence-corrected chi connectivity index (χ4v) is 7.15. The van der Waals surface area contributed by atoms with Gasteiger partial charge in [0.15, 0.2) is 0 Å². The summed E-state index contributed by atoms with van der Waals surface area (Å²) in [5.74, 6) is -1.99. The zero-order valence-electron chi connectivity index (χ0n) is 19.7. The van der Waals surface area contributed by atoms with E-state index in [2.05, 4.69) is 6.92 Å². The predicted molar refractivity (Wildman–Crippen MR) is 138 cm³/mol. The van der Waals surface area contributed by atoms with Crippen LogP contribution in [0.1, 0.15) is 29.2 Å². The largest absolute Gasteiger partial charge is 0.302 e. The molecule has 174 valence electrons. The Morgan fingerprint density at radius 1 is 0.611 bits per heavy atom. The molecular weight excluding hydrogens is 446 g/mol. The van der Waals surface area contributed by atoms with Crippen molar-refractivity contribution in [1.29, 1.82) is 0 Å². The van der Waals surface area contributed by atoms with Crippen LogP contribution in [-0.2, 0) is 25.2 Å². The van der Waals surface area contributed by atoms with Crippen molar-refractivity contribution in [1.82, 2.24) is 0 Å². The topological polar surface area (TPSA) is 54.5 Å². The predicted octanol–water partition coefficient (Wildman–Crippen LogP) is 5.28. The molecule has 4 aromatic carbocycles. The van der Waals surface area contributed by atoms with Gasteiger partial charge in [0.2, 0.25) is 11.8 Å². The summed E-state index contributed by atoms with van der Waals surface area (Å²) in [6.07, 6.45) is 0.911. The Hall–Kier alpha value is -4.31. The zero-order chi connectivity index (χ0) is 24.7. The third kappa shape index (κ3) is 2.32. The van der Waals surface area contributed by atoms with E-state index in [0.717, 1.165) is 39.7 Å². The lowest BCUT2D eigenvalue weighted by molar-refractivity contribution is -0.129. The van der Waals surface area contributed by atoms with Crippen LogP contribution >= 0.6 is 0 Å². The summed E-state index contributed by atoms with van der Waals surface area (Å²) in [5, 5.41) is 0. The van der Waals surface area contributed by atoms with Crippen molar-refractivity contribution >= 4 is 23.8 Å². The van der Waals surface area contributed by atoms with Crippen molar-refractivity contribution in [3.05, 3.63) is 125 Å². The van der Waals surface area contributed by atoms with E-state index in [1.54, 1.807) is 0 Å². The molecule has 4 aliphatic rings. The molecule has 0 saturated carbocycles. The molecule has 3 aliphatic carbocycles. The number of rotatable bonds is 3. The average Bonchev–Trinajstić information content (AvgIpc) is 3.21. The first kappa shape index (κ1) is 21.0. The van der Waals surface area contributed by atoms with E-state index >= 15 is 0 Å². The average molecular weight is 470 g/mol. The monoisotopic (exact) mass is 469 g/mol. The maximum absolute atomic E-state index is 14.2. The van der Waals surface area contributed by atoms with Crippen LogP contribution in [0.2, 0.25) is 0 Å². The summed E-state index contributed by atoms with van der Waals surface area (Å²) in [4.78, 5) is 42.8. The van der Waals surface area contributed by atoms with Gasteiger partial charge < -0.3 is 4.79 Å². The Morgan fingerprint density at radius 2 is 1.08 bits per heavy atom. The van der Waals surface area contributed by atoms with Crippen LogP contribution in [0.4, 0.5) is 5.69 Å². The van der Waals surface area contributed by atoms with Gasteiger partial charge in [-0.05, 0) is 45.5 Å². The number of anilines is 1. The molecule has 0 N–H and O–H groups in total. The molecule has 0 spiro atoms. The van der Waals surface area contributed by atoms with Gasteiger partial charge in [-0.15, -0.1) is 0 Å².